The standard InChI is InChI=1S/C13H18FNO/c1-15-9-10-5-4-8-12(10)16-13-7-3-2-6-11(13)14/h2-3,6-7,10,12,15H,4-5,8-9H2,1H3. The molecule has 1 aromatic carbocycles. The van der Waals surface area contributed by atoms with Crippen molar-refractivity contribution >= 4 is 0 Å². The molecule has 1 N–H and O–H groups in total. The van der Waals surface area contributed by atoms with Crippen LogP contribution in [0.3, 0.4) is 0 Å². The summed E-state index contributed by atoms with van der Waals surface area (Å²) in [7, 11) is 1.94. The molecule has 1 aromatic rings. The Labute approximate surface area is 95.8 Å². The Hall–Kier alpha value is -1.09. The largest absolute Gasteiger partial charge is 0.487 e. The minimum Gasteiger partial charge on any atom is -0.487 e. The summed E-state index contributed by atoms with van der Waals surface area (Å²) in [6.07, 6.45) is 3.52. The number of hydrogen-bond donors (Lipinski definition) is 1. The second-order valence-electron chi connectivity index (χ2n) is 4.34. The van der Waals surface area contributed by atoms with E-state index in [-0.39, 0.29) is 11.9 Å². The van der Waals surface area contributed by atoms with Crippen LogP contribution in [0.1, 0.15) is 19.3 Å². The first-order valence-electron chi connectivity index (χ1n) is 5.87. The molecule has 2 atom stereocenters. The van der Waals surface area contributed by atoms with Crippen LogP contribution in [0.25, 0.3) is 0 Å². The van der Waals surface area contributed by atoms with Gasteiger partial charge in [0.1, 0.15) is 6.10 Å². The number of para-hydroxylation sites is 1. The van der Waals surface area contributed by atoms with E-state index in [1.54, 1.807) is 18.2 Å². The second kappa shape index (κ2) is 5.30. The summed E-state index contributed by atoms with van der Waals surface area (Å²) >= 11 is 0. The number of rotatable bonds is 4. The summed E-state index contributed by atoms with van der Waals surface area (Å²) in [5, 5.41) is 3.17. The predicted octanol–water partition coefficient (Wildman–Crippen LogP) is 2.59. The van der Waals surface area contributed by atoms with Crippen LogP contribution in [0.5, 0.6) is 5.75 Å². The van der Waals surface area contributed by atoms with Gasteiger partial charge in [0, 0.05) is 12.5 Å². The van der Waals surface area contributed by atoms with E-state index in [1.807, 2.05) is 7.05 Å². The predicted molar refractivity (Wildman–Crippen MR) is 62.1 cm³/mol. The van der Waals surface area contributed by atoms with Crippen LogP contribution < -0.4 is 10.1 Å². The third kappa shape index (κ3) is 2.53. The molecule has 1 aliphatic rings. The van der Waals surface area contributed by atoms with Crippen LogP contribution in [0.2, 0.25) is 0 Å². The Balaban J connectivity index is 2.01. The number of benzene rings is 1. The minimum absolute atomic E-state index is 0.157. The van der Waals surface area contributed by atoms with Gasteiger partial charge in [-0.15, -0.1) is 0 Å². The molecule has 2 unspecified atom stereocenters. The number of nitrogens with one attached hydrogen (secondary N) is 1. The van der Waals surface area contributed by atoms with Gasteiger partial charge in [-0.2, -0.15) is 0 Å². The van der Waals surface area contributed by atoms with Crippen molar-refractivity contribution in [3.63, 3.8) is 0 Å². The molecule has 0 radical (unpaired) electrons. The van der Waals surface area contributed by atoms with Crippen molar-refractivity contribution in [2.24, 2.45) is 5.92 Å². The van der Waals surface area contributed by atoms with Crippen molar-refractivity contribution in [2.45, 2.75) is 25.4 Å². The van der Waals surface area contributed by atoms with E-state index in [2.05, 4.69) is 5.32 Å². The molecule has 0 aliphatic heterocycles. The van der Waals surface area contributed by atoms with Crippen LogP contribution in [0.4, 0.5) is 4.39 Å². The highest BCUT2D eigenvalue weighted by molar-refractivity contribution is 5.24. The van der Waals surface area contributed by atoms with Gasteiger partial charge in [-0.05, 0) is 38.4 Å². The zero-order valence-electron chi connectivity index (χ0n) is 9.58. The molecule has 0 amide bonds. The topological polar surface area (TPSA) is 21.3 Å². The van der Waals surface area contributed by atoms with E-state index in [0.29, 0.717) is 11.7 Å². The fourth-order valence-corrected chi connectivity index (χ4v) is 2.36. The highest BCUT2D eigenvalue weighted by Crippen LogP contribution is 2.30. The van der Waals surface area contributed by atoms with Gasteiger partial charge in [0.25, 0.3) is 0 Å². The summed E-state index contributed by atoms with van der Waals surface area (Å²) in [5.74, 6) is 0.623. The molecular formula is C13H18FNO. The third-order valence-corrected chi connectivity index (χ3v) is 3.17. The molecule has 1 fully saturated rings. The van der Waals surface area contributed by atoms with Crippen molar-refractivity contribution in [2.75, 3.05) is 13.6 Å². The molecule has 16 heavy (non-hydrogen) atoms. The number of halogens is 1. The van der Waals surface area contributed by atoms with Gasteiger partial charge in [0.2, 0.25) is 0 Å². The highest BCUT2D eigenvalue weighted by atomic mass is 19.1. The average Bonchev–Trinajstić information content (AvgIpc) is 2.70. The van der Waals surface area contributed by atoms with E-state index in [1.165, 1.54) is 18.9 Å². The van der Waals surface area contributed by atoms with E-state index in [4.69, 9.17) is 4.74 Å². The number of hydrogen-bond acceptors (Lipinski definition) is 2. The Kier molecular flexibility index (Phi) is 3.78. The van der Waals surface area contributed by atoms with Gasteiger partial charge in [-0.3, -0.25) is 0 Å². The average molecular weight is 223 g/mol. The lowest BCUT2D eigenvalue weighted by Gasteiger charge is -2.21. The van der Waals surface area contributed by atoms with Gasteiger partial charge in [0.15, 0.2) is 11.6 Å². The molecule has 88 valence electrons. The van der Waals surface area contributed by atoms with Crippen molar-refractivity contribution in [3.8, 4) is 5.75 Å². The lowest BCUT2D eigenvalue weighted by molar-refractivity contribution is 0.152. The molecule has 1 aliphatic carbocycles. The van der Waals surface area contributed by atoms with Gasteiger partial charge in [-0.1, -0.05) is 12.1 Å². The van der Waals surface area contributed by atoms with Gasteiger partial charge < -0.3 is 10.1 Å². The molecule has 2 rings (SSSR count). The quantitative estimate of drug-likeness (QED) is 0.847. The summed E-state index contributed by atoms with van der Waals surface area (Å²) in [6, 6.07) is 6.63. The molecule has 3 heteroatoms. The molecule has 0 heterocycles. The molecule has 2 nitrogen and oxygen atoms in total. The summed E-state index contributed by atoms with van der Waals surface area (Å²) in [5.41, 5.74) is 0. The normalized spacial score (nSPS) is 24.6. The van der Waals surface area contributed by atoms with Crippen molar-refractivity contribution < 1.29 is 9.13 Å². The first-order chi connectivity index (χ1) is 7.81. The van der Waals surface area contributed by atoms with E-state index in [9.17, 15) is 4.39 Å². The van der Waals surface area contributed by atoms with Crippen LogP contribution in [0.15, 0.2) is 24.3 Å². The zero-order chi connectivity index (χ0) is 11.4. The molecule has 0 bridgehead atoms. The Morgan fingerprint density at radius 3 is 2.94 bits per heavy atom. The minimum atomic E-state index is -0.266. The summed E-state index contributed by atoms with van der Waals surface area (Å²) in [4.78, 5) is 0. The van der Waals surface area contributed by atoms with Gasteiger partial charge in [-0.25, -0.2) is 4.39 Å². The maximum atomic E-state index is 13.4. The molecular weight excluding hydrogens is 205 g/mol. The SMILES string of the molecule is CNCC1CCCC1Oc1ccccc1F. The first kappa shape index (κ1) is 11.4. The first-order valence-corrected chi connectivity index (χ1v) is 5.87. The third-order valence-electron chi connectivity index (χ3n) is 3.17. The van der Waals surface area contributed by atoms with Gasteiger partial charge >= 0.3 is 0 Å². The van der Waals surface area contributed by atoms with E-state index >= 15 is 0 Å². The van der Waals surface area contributed by atoms with Crippen LogP contribution in [-0.4, -0.2) is 19.7 Å². The summed E-state index contributed by atoms with van der Waals surface area (Å²) < 4.78 is 19.2. The fourth-order valence-electron chi connectivity index (χ4n) is 2.36. The maximum Gasteiger partial charge on any atom is 0.165 e. The van der Waals surface area contributed by atoms with Crippen molar-refractivity contribution in [1.29, 1.82) is 0 Å². The van der Waals surface area contributed by atoms with E-state index < -0.39 is 0 Å². The second-order valence-corrected chi connectivity index (χ2v) is 4.34. The molecule has 0 aromatic heterocycles. The smallest absolute Gasteiger partial charge is 0.165 e. The number of ether oxygens (including phenoxy) is 1. The lowest BCUT2D eigenvalue weighted by atomic mass is 10.1. The van der Waals surface area contributed by atoms with Crippen molar-refractivity contribution in [1.82, 2.24) is 5.32 Å². The lowest BCUT2D eigenvalue weighted by Crippen LogP contribution is -2.29. The Morgan fingerprint density at radius 1 is 1.38 bits per heavy atom. The molecule has 1 saturated carbocycles. The summed E-state index contributed by atoms with van der Waals surface area (Å²) in [6.45, 7) is 0.944. The zero-order valence-corrected chi connectivity index (χ0v) is 9.58. The Morgan fingerprint density at radius 2 is 2.19 bits per heavy atom. The van der Waals surface area contributed by atoms with Crippen LogP contribution in [-0.2, 0) is 0 Å². The van der Waals surface area contributed by atoms with Gasteiger partial charge in [0.05, 0.1) is 0 Å². The highest BCUT2D eigenvalue weighted by Gasteiger charge is 2.28. The van der Waals surface area contributed by atoms with Crippen LogP contribution >= 0.6 is 0 Å². The monoisotopic (exact) mass is 223 g/mol. The molecule has 0 saturated heterocycles. The van der Waals surface area contributed by atoms with Crippen molar-refractivity contribution in [3.05, 3.63) is 30.1 Å². The maximum absolute atomic E-state index is 13.4. The Bertz CT molecular complexity index is 342. The van der Waals surface area contributed by atoms with Crippen LogP contribution in [0, 0.1) is 11.7 Å². The fraction of sp³-hybridized carbons (Fsp3) is 0.538. The van der Waals surface area contributed by atoms with E-state index in [0.717, 1.165) is 13.0 Å². The molecule has 0 spiro atoms.